The minimum atomic E-state index is -0.992. The van der Waals surface area contributed by atoms with Crippen LogP contribution in [-0.2, 0) is 16.1 Å². The zero-order chi connectivity index (χ0) is 21.8. The van der Waals surface area contributed by atoms with Gasteiger partial charge in [-0.2, -0.15) is 5.10 Å². The van der Waals surface area contributed by atoms with Gasteiger partial charge in [0.25, 0.3) is 5.91 Å². The van der Waals surface area contributed by atoms with Gasteiger partial charge >= 0.3 is 5.97 Å². The van der Waals surface area contributed by atoms with Crippen LogP contribution in [0.5, 0.6) is 0 Å². The average molecular weight is 426 g/mol. The third-order valence-electron chi connectivity index (χ3n) is 4.66. The highest BCUT2D eigenvalue weighted by Crippen LogP contribution is 2.23. The van der Waals surface area contributed by atoms with Gasteiger partial charge in [-0.05, 0) is 51.0 Å². The highest BCUT2D eigenvalue weighted by Gasteiger charge is 2.26. The van der Waals surface area contributed by atoms with Gasteiger partial charge in [0.05, 0.1) is 12.2 Å². The Kier molecular flexibility index (Phi) is 6.57. The number of nitrogens with zero attached hydrogens (tertiary/aromatic N) is 2. The van der Waals surface area contributed by atoms with Crippen molar-refractivity contribution in [1.82, 2.24) is 9.78 Å². The number of nitrogens with one attached hydrogen (secondary N) is 1. The molecular formula is C23H24ClN3O3. The summed E-state index contributed by atoms with van der Waals surface area (Å²) in [5.41, 5.74) is 4.44. The molecule has 0 aliphatic rings. The van der Waals surface area contributed by atoms with E-state index in [-0.39, 0.29) is 10.7 Å². The molecule has 3 aromatic rings. The highest BCUT2D eigenvalue weighted by atomic mass is 35.5. The topological polar surface area (TPSA) is 73.2 Å². The van der Waals surface area contributed by atoms with Gasteiger partial charge in [-0.3, -0.25) is 4.79 Å². The van der Waals surface area contributed by atoms with Crippen molar-refractivity contribution in [3.05, 3.63) is 81.6 Å². The van der Waals surface area contributed by atoms with Crippen molar-refractivity contribution in [3.8, 4) is 0 Å². The van der Waals surface area contributed by atoms with Crippen molar-refractivity contribution < 1.29 is 14.3 Å². The number of amides is 1. The Balaban J connectivity index is 1.69. The molecule has 1 amide bonds. The second-order valence-corrected chi connectivity index (χ2v) is 7.66. The molecule has 1 unspecified atom stereocenters. The van der Waals surface area contributed by atoms with Crippen LogP contribution < -0.4 is 5.32 Å². The van der Waals surface area contributed by atoms with Crippen molar-refractivity contribution in [2.45, 2.75) is 40.3 Å². The fraction of sp³-hybridized carbons (Fsp3) is 0.261. The highest BCUT2D eigenvalue weighted by molar-refractivity contribution is 6.32. The second kappa shape index (κ2) is 9.13. The third-order valence-corrected chi connectivity index (χ3v) is 5.05. The lowest BCUT2D eigenvalue weighted by molar-refractivity contribution is -0.123. The Hall–Kier alpha value is -3.12. The average Bonchev–Trinajstić information content (AvgIpc) is 2.96. The molecule has 1 aromatic heterocycles. The fourth-order valence-electron chi connectivity index (χ4n) is 3.00. The Morgan fingerprint density at radius 1 is 1.10 bits per heavy atom. The van der Waals surface area contributed by atoms with E-state index in [0.29, 0.717) is 17.9 Å². The molecule has 0 bridgehead atoms. The van der Waals surface area contributed by atoms with Gasteiger partial charge in [-0.15, -0.1) is 0 Å². The van der Waals surface area contributed by atoms with Crippen LogP contribution in [0.15, 0.2) is 48.5 Å². The first-order valence-electron chi connectivity index (χ1n) is 9.61. The van der Waals surface area contributed by atoms with E-state index < -0.39 is 18.0 Å². The summed E-state index contributed by atoms with van der Waals surface area (Å²) in [6.07, 6.45) is -0.992. The van der Waals surface area contributed by atoms with Gasteiger partial charge in [0, 0.05) is 5.69 Å². The number of benzene rings is 2. The summed E-state index contributed by atoms with van der Waals surface area (Å²) in [4.78, 5) is 25.1. The van der Waals surface area contributed by atoms with Crippen LogP contribution in [0, 0.1) is 20.8 Å². The summed E-state index contributed by atoms with van der Waals surface area (Å²) in [6, 6.07) is 15.4. The van der Waals surface area contributed by atoms with E-state index in [0.717, 1.165) is 16.7 Å². The number of ether oxygens (including phenoxy) is 1. The number of halogens is 1. The van der Waals surface area contributed by atoms with E-state index in [1.807, 2.05) is 56.3 Å². The van der Waals surface area contributed by atoms with Crippen molar-refractivity contribution in [1.29, 1.82) is 0 Å². The van der Waals surface area contributed by atoms with Crippen LogP contribution >= 0.6 is 11.6 Å². The van der Waals surface area contributed by atoms with Crippen LogP contribution in [-0.4, -0.2) is 27.8 Å². The summed E-state index contributed by atoms with van der Waals surface area (Å²) in [5.74, 6) is -1.10. The van der Waals surface area contributed by atoms with E-state index in [4.69, 9.17) is 16.3 Å². The van der Waals surface area contributed by atoms with E-state index in [2.05, 4.69) is 10.4 Å². The Morgan fingerprint density at radius 3 is 2.47 bits per heavy atom. The summed E-state index contributed by atoms with van der Waals surface area (Å²) < 4.78 is 6.90. The number of carbonyl (C=O) groups is 2. The molecule has 1 N–H and O–H groups in total. The molecule has 0 spiro atoms. The summed E-state index contributed by atoms with van der Waals surface area (Å²) in [5, 5.41) is 7.29. The second-order valence-electron chi connectivity index (χ2n) is 7.30. The number of esters is 1. The molecular weight excluding hydrogens is 402 g/mol. The molecule has 7 heteroatoms. The van der Waals surface area contributed by atoms with Gasteiger partial charge in [-0.1, -0.05) is 53.6 Å². The number of anilines is 1. The first-order valence-corrected chi connectivity index (χ1v) is 9.99. The number of hydrogen-bond donors (Lipinski definition) is 1. The molecule has 0 saturated heterocycles. The molecule has 1 atom stereocenters. The number of aryl methyl sites for hydroxylation is 3. The molecule has 2 aromatic carbocycles. The molecule has 0 aliphatic heterocycles. The maximum atomic E-state index is 12.7. The van der Waals surface area contributed by atoms with Gasteiger partial charge in [-0.25, -0.2) is 9.48 Å². The van der Waals surface area contributed by atoms with Crippen LogP contribution in [0.4, 0.5) is 5.69 Å². The quantitative estimate of drug-likeness (QED) is 0.581. The maximum Gasteiger partial charge on any atom is 0.343 e. The van der Waals surface area contributed by atoms with Crippen LogP contribution in [0.3, 0.4) is 0 Å². The van der Waals surface area contributed by atoms with Crippen LogP contribution in [0.2, 0.25) is 5.15 Å². The van der Waals surface area contributed by atoms with Gasteiger partial charge in [0.2, 0.25) is 0 Å². The number of carbonyl (C=O) groups excluding carboxylic acids is 2. The predicted molar refractivity (Wildman–Crippen MR) is 117 cm³/mol. The molecule has 6 nitrogen and oxygen atoms in total. The van der Waals surface area contributed by atoms with E-state index in [1.165, 1.54) is 6.92 Å². The molecule has 0 fully saturated rings. The Bertz CT molecular complexity index is 1070. The zero-order valence-corrected chi connectivity index (χ0v) is 18.2. The van der Waals surface area contributed by atoms with E-state index in [9.17, 15) is 9.59 Å². The predicted octanol–water partition coefficient (Wildman–Crippen LogP) is 4.69. The van der Waals surface area contributed by atoms with Crippen molar-refractivity contribution in [2.24, 2.45) is 0 Å². The van der Waals surface area contributed by atoms with E-state index in [1.54, 1.807) is 17.7 Å². The Morgan fingerprint density at radius 2 is 1.80 bits per heavy atom. The molecule has 3 rings (SSSR count). The molecule has 1 heterocycles. The summed E-state index contributed by atoms with van der Waals surface area (Å²) in [7, 11) is 0. The fourth-order valence-corrected chi connectivity index (χ4v) is 3.31. The van der Waals surface area contributed by atoms with Crippen molar-refractivity contribution >= 4 is 29.2 Å². The lowest BCUT2D eigenvalue weighted by Crippen LogP contribution is -2.30. The first-order chi connectivity index (χ1) is 14.2. The number of rotatable bonds is 6. The minimum Gasteiger partial charge on any atom is -0.449 e. The number of aromatic nitrogens is 2. The SMILES string of the molecule is Cc1ccc(Cn2nc(C)c(C(=O)OC(C)C(=O)Nc3cccc(C)c3)c2Cl)cc1. The minimum absolute atomic E-state index is 0.166. The van der Waals surface area contributed by atoms with Crippen molar-refractivity contribution in [3.63, 3.8) is 0 Å². The monoisotopic (exact) mass is 425 g/mol. The smallest absolute Gasteiger partial charge is 0.343 e. The van der Waals surface area contributed by atoms with Crippen LogP contribution in [0.25, 0.3) is 0 Å². The molecule has 0 aliphatic carbocycles. The third kappa shape index (κ3) is 5.07. The molecule has 30 heavy (non-hydrogen) atoms. The van der Waals surface area contributed by atoms with Gasteiger partial charge < -0.3 is 10.1 Å². The molecule has 0 radical (unpaired) electrons. The normalized spacial score (nSPS) is 11.8. The number of hydrogen-bond acceptors (Lipinski definition) is 4. The standard InChI is InChI=1S/C23H24ClN3O3/c1-14-8-10-18(11-9-14)13-27-21(24)20(16(3)26-27)23(29)30-17(4)22(28)25-19-7-5-6-15(2)12-19/h5-12,17H,13H2,1-4H3,(H,25,28). The summed E-state index contributed by atoms with van der Waals surface area (Å²) in [6.45, 7) is 7.57. The Labute approximate surface area is 180 Å². The van der Waals surface area contributed by atoms with Crippen LogP contribution in [0.1, 0.15) is 39.7 Å². The first kappa shape index (κ1) is 21.6. The molecule has 0 saturated carbocycles. The lowest BCUT2D eigenvalue weighted by Gasteiger charge is -2.14. The largest absolute Gasteiger partial charge is 0.449 e. The maximum absolute atomic E-state index is 12.7. The summed E-state index contributed by atoms with van der Waals surface area (Å²) >= 11 is 6.41. The van der Waals surface area contributed by atoms with Gasteiger partial charge in [0.1, 0.15) is 10.7 Å². The molecule has 156 valence electrons. The van der Waals surface area contributed by atoms with Crippen molar-refractivity contribution in [2.75, 3.05) is 5.32 Å². The lowest BCUT2D eigenvalue weighted by atomic mass is 10.1. The van der Waals surface area contributed by atoms with E-state index >= 15 is 0 Å². The zero-order valence-electron chi connectivity index (χ0n) is 17.4. The van der Waals surface area contributed by atoms with Gasteiger partial charge in [0.15, 0.2) is 6.10 Å².